The van der Waals surface area contributed by atoms with Gasteiger partial charge in [0, 0.05) is 19.2 Å². The highest BCUT2D eigenvalue weighted by atomic mass is 14.8. The summed E-state index contributed by atoms with van der Waals surface area (Å²) < 4.78 is 0. The van der Waals surface area contributed by atoms with Crippen molar-refractivity contribution < 1.29 is 0 Å². The minimum atomic E-state index is 0.777. The van der Waals surface area contributed by atoms with E-state index < -0.39 is 0 Å². The van der Waals surface area contributed by atoms with Crippen LogP contribution < -0.4 is 11.1 Å². The molecule has 0 aliphatic heterocycles. The summed E-state index contributed by atoms with van der Waals surface area (Å²) in [6.45, 7) is 4.58. The number of aromatic nitrogens is 1. The SMILES string of the molecule is C=CCc1cnc(CCNC)c(N)c1. The molecule has 1 heterocycles. The summed E-state index contributed by atoms with van der Waals surface area (Å²) in [5.41, 5.74) is 8.73. The second-order valence-corrected chi connectivity index (χ2v) is 3.23. The maximum Gasteiger partial charge on any atom is 0.0645 e. The number of nitrogens with one attached hydrogen (secondary N) is 1. The number of anilines is 1. The molecule has 1 aromatic rings. The summed E-state index contributed by atoms with van der Waals surface area (Å²) in [6.07, 6.45) is 5.41. The molecule has 3 nitrogen and oxygen atoms in total. The van der Waals surface area contributed by atoms with Gasteiger partial charge in [-0.2, -0.15) is 0 Å². The van der Waals surface area contributed by atoms with E-state index in [4.69, 9.17) is 5.73 Å². The van der Waals surface area contributed by atoms with Gasteiger partial charge in [0.05, 0.1) is 11.4 Å². The minimum Gasteiger partial charge on any atom is -0.397 e. The predicted octanol–water partition coefficient (Wildman–Crippen LogP) is 1.15. The van der Waals surface area contributed by atoms with E-state index >= 15 is 0 Å². The van der Waals surface area contributed by atoms with E-state index in [9.17, 15) is 0 Å². The normalized spacial score (nSPS) is 10.1. The van der Waals surface area contributed by atoms with Crippen LogP contribution in [0.5, 0.6) is 0 Å². The van der Waals surface area contributed by atoms with Crippen molar-refractivity contribution in [3.63, 3.8) is 0 Å². The zero-order valence-corrected chi connectivity index (χ0v) is 8.59. The number of allylic oxidation sites excluding steroid dienone is 1. The first kappa shape index (κ1) is 10.7. The van der Waals surface area contributed by atoms with Crippen LogP contribution in [0.15, 0.2) is 24.9 Å². The third kappa shape index (κ3) is 2.85. The molecule has 14 heavy (non-hydrogen) atoms. The van der Waals surface area contributed by atoms with Gasteiger partial charge >= 0.3 is 0 Å². The summed E-state index contributed by atoms with van der Waals surface area (Å²) in [6, 6.07) is 1.97. The van der Waals surface area contributed by atoms with Crippen LogP contribution in [0.1, 0.15) is 11.3 Å². The monoisotopic (exact) mass is 191 g/mol. The largest absolute Gasteiger partial charge is 0.397 e. The molecular weight excluding hydrogens is 174 g/mol. The molecular formula is C11H17N3. The highest BCUT2D eigenvalue weighted by molar-refractivity contribution is 5.45. The Morgan fingerprint density at radius 1 is 1.64 bits per heavy atom. The number of hydrogen-bond acceptors (Lipinski definition) is 3. The highest BCUT2D eigenvalue weighted by Gasteiger charge is 2.01. The maximum absolute atomic E-state index is 5.87. The molecule has 0 unspecified atom stereocenters. The Kier molecular flexibility index (Phi) is 4.13. The third-order valence-corrected chi connectivity index (χ3v) is 2.05. The van der Waals surface area contributed by atoms with Crippen molar-refractivity contribution in [1.82, 2.24) is 10.3 Å². The van der Waals surface area contributed by atoms with E-state index in [-0.39, 0.29) is 0 Å². The van der Waals surface area contributed by atoms with Crippen LogP contribution in [0.2, 0.25) is 0 Å². The Balaban J connectivity index is 2.73. The van der Waals surface area contributed by atoms with E-state index in [0.29, 0.717) is 0 Å². The van der Waals surface area contributed by atoms with Crippen LogP contribution in [0.25, 0.3) is 0 Å². The highest BCUT2D eigenvalue weighted by Crippen LogP contribution is 2.12. The van der Waals surface area contributed by atoms with Crippen LogP contribution in [-0.4, -0.2) is 18.6 Å². The van der Waals surface area contributed by atoms with Gasteiger partial charge in [-0.3, -0.25) is 4.98 Å². The topological polar surface area (TPSA) is 50.9 Å². The Labute approximate surface area is 85.0 Å². The van der Waals surface area contributed by atoms with Crippen LogP contribution >= 0.6 is 0 Å². The lowest BCUT2D eigenvalue weighted by atomic mass is 10.1. The first-order valence-electron chi connectivity index (χ1n) is 4.76. The lowest BCUT2D eigenvalue weighted by Crippen LogP contribution is -2.12. The van der Waals surface area contributed by atoms with Gasteiger partial charge in [0.15, 0.2) is 0 Å². The number of rotatable bonds is 5. The molecule has 0 atom stereocenters. The first-order valence-corrected chi connectivity index (χ1v) is 4.76. The van der Waals surface area contributed by atoms with Crippen molar-refractivity contribution in [1.29, 1.82) is 0 Å². The van der Waals surface area contributed by atoms with Crippen molar-refractivity contribution in [2.45, 2.75) is 12.8 Å². The zero-order chi connectivity index (χ0) is 10.4. The molecule has 1 rings (SSSR count). The minimum absolute atomic E-state index is 0.777. The van der Waals surface area contributed by atoms with Gasteiger partial charge in [-0.15, -0.1) is 6.58 Å². The second kappa shape index (κ2) is 5.40. The van der Waals surface area contributed by atoms with Crippen LogP contribution in [0, 0.1) is 0 Å². The summed E-state index contributed by atoms with van der Waals surface area (Å²) in [7, 11) is 1.92. The smallest absolute Gasteiger partial charge is 0.0645 e. The number of likely N-dealkylation sites (N-methyl/N-ethyl adjacent to an activating group) is 1. The Morgan fingerprint density at radius 2 is 2.43 bits per heavy atom. The van der Waals surface area contributed by atoms with Gasteiger partial charge < -0.3 is 11.1 Å². The van der Waals surface area contributed by atoms with Crippen molar-refractivity contribution in [2.24, 2.45) is 0 Å². The van der Waals surface area contributed by atoms with E-state index in [0.717, 1.165) is 36.3 Å². The van der Waals surface area contributed by atoms with Crippen LogP contribution in [-0.2, 0) is 12.8 Å². The van der Waals surface area contributed by atoms with E-state index in [1.807, 2.05) is 25.4 Å². The fraction of sp³-hybridized carbons (Fsp3) is 0.364. The van der Waals surface area contributed by atoms with Crippen molar-refractivity contribution in [3.05, 3.63) is 36.2 Å². The number of nitrogens with two attached hydrogens (primary N) is 1. The predicted molar refractivity (Wildman–Crippen MR) is 60.2 cm³/mol. The molecule has 1 aromatic heterocycles. The zero-order valence-electron chi connectivity index (χ0n) is 8.59. The van der Waals surface area contributed by atoms with Crippen molar-refractivity contribution in [3.8, 4) is 0 Å². The Bertz CT molecular complexity index is 307. The number of hydrogen-bond donors (Lipinski definition) is 2. The van der Waals surface area contributed by atoms with E-state index in [2.05, 4.69) is 16.9 Å². The Morgan fingerprint density at radius 3 is 3.00 bits per heavy atom. The van der Waals surface area contributed by atoms with E-state index in [1.54, 1.807) is 0 Å². The van der Waals surface area contributed by atoms with Gasteiger partial charge in [-0.05, 0) is 25.1 Å². The number of nitrogen functional groups attached to an aromatic ring is 1. The van der Waals surface area contributed by atoms with Gasteiger partial charge in [-0.1, -0.05) is 6.08 Å². The molecule has 0 aliphatic carbocycles. The summed E-state index contributed by atoms with van der Waals surface area (Å²) in [5, 5.41) is 3.07. The van der Waals surface area contributed by atoms with Crippen LogP contribution in [0.3, 0.4) is 0 Å². The molecule has 0 saturated heterocycles. The molecule has 0 fully saturated rings. The molecule has 0 bridgehead atoms. The summed E-state index contributed by atoms with van der Waals surface area (Å²) in [5.74, 6) is 0. The van der Waals surface area contributed by atoms with Gasteiger partial charge in [0.25, 0.3) is 0 Å². The standard InChI is InChI=1S/C11H17N3/c1-3-4-9-7-10(12)11(14-8-9)5-6-13-2/h3,7-8,13H,1,4-6,12H2,2H3. The molecule has 0 saturated carbocycles. The summed E-state index contributed by atoms with van der Waals surface area (Å²) in [4.78, 5) is 4.32. The van der Waals surface area contributed by atoms with Gasteiger partial charge in [-0.25, -0.2) is 0 Å². The number of nitrogens with zero attached hydrogens (tertiary/aromatic N) is 1. The second-order valence-electron chi connectivity index (χ2n) is 3.23. The molecule has 0 amide bonds. The lowest BCUT2D eigenvalue weighted by Gasteiger charge is -2.05. The van der Waals surface area contributed by atoms with Gasteiger partial charge in [0.1, 0.15) is 0 Å². The molecule has 0 aliphatic rings. The van der Waals surface area contributed by atoms with Crippen molar-refractivity contribution in [2.75, 3.05) is 19.3 Å². The fourth-order valence-electron chi connectivity index (χ4n) is 1.29. The molecule has 3 heteroatoms. The number of pyridine rings is 1. The average Bonchev–Trinajstić information content (AvgIpc) is 2.17. The molecule has 76 valence electrons. The third-order valence-electron chi connectivity index (χ3n) is 2.05. The lowest BCUT2D eigenvalue weighted by molar-refractivity contribution is 0.777. The Hall–Kier alpha value is -1.35. The molecule has 0 spiro atoms. The van der Waals surface area contributed by atoms with Gasteiger partial charge in [0.2, 0.25) is 0 Å². The molecule has 0 radical (unpaired) electrons. The van der Waals surface area contributed by atoms with E-state index in [1.165, 1.54) is 0 Å². The molecule has 0 aromatic carbocycles. The maximum atomic E-state index is 5.87. The van der Waals surface area contributed by atoms with Crippen LogP contribution in [0.4, 0.5) is 5.69 Å². The van der Waals surface area contributed by atoms with Crippen molar-refractivity contribution >= 4 is 5.69 Å². The first-order chi connectivity index (χ1) is 6.77. The molecule has 3 N–H and O–H groups in total. The summed E-state index contributed by atoms with van der Waals surface area (Å²) >= 11 is 0. The average molecular weight is 191 g/mol. The fourth-order valence-corrected chi connectivity index (χ4v) is 1.29. The quantitative estimate of drug-likeness (QED) is 0.686.